The quantitative estimate of drug-likeness (QED) is 0.657. The number of benzene rings is 2. The molecule has 8 heteroatoms. The molecular weight excluding hydrogens is 377 g/mol. The zero-order valence-electron chi connectivity index (χ0n) is 13.6. The predicted molar refractivity (Wildman–Crippen MR) is 99.2 cm³/mol. The molecule has 0 aliphatic rings. The van der Waals surface area contributed by atoms with Gasteiger partial charge >= 0.3 is 0 Å². The third kappa shape index (κ3) is 5.06. The fourth-order valence-electron chi connectivity index (χ4n) is 2.15. The third-order valence-electron chi connectivity index (χ3n) is 3.44. The van der Waals surface area contributed by atoms with Gasteiger partial charge in [-0.05, 0) is 17.7 Å². The number of hydrogen-bond donors (Lipinski definition) is 1. The van der Waals surface area contributed by atoms with Crippen LogP contribution in [0.5, 0.6) is 0 Å². The van der Waals surface area contributed by atoms with Gasteiger partial charge in [0, 0.05) is 16.3 Å². The van der Waals surface area contributed by atoms with Crippen molar-refractivity contribution in [3.05, 3.63) is 70.8 Å². The lowest BCUT2D eigenvalue weighted by Crippen LogP contribution is -2.24. The molecule has 3 aromatic rings. The molecule has 3 rings (SSSR count). The van der Waals surface area contributed by atoms with Crippen molar-refractivity contribution < 1.29 is 13.7 Å². The molecule has 2 aromatic carbocycles. The van der Waals surface area contributed by atoms with E-state index in [1.807, 2.05) is 30.3 Å². The maximum Gasteiger partial charge on any atom is 0.246 e. The average molecular weight is 392 g/mol. The lowest BCUT2D eigenvalue weighted by molar-refractivity contribution is -0.118. The van der Waals surface area contributed by atoms with Crippen molar-refractivity contribution >= 4 is 29.3 Å². The number of nitrogens with zero attached hydrogens (tertiary/aromatic N) is 2. The van der Waals surface area contributed by atoms with Gasteiger partial charge < -0.3 is 9.84 Å². The number of carbonyl (C=O) groups is 1. The van der Waals surface area contributed by atoms with E-state index >= 15 is 0 Å². The molecule has 1 amide bonds. The number of carbonyl (C=O) groups excluding carboxylic acids is 1. The Bertz CT molecular complexity index is 889. The van der Waals surface area contributed by atoms with Crippen LogP contribution < -0.4 is 5.32 Å². The predicted octanol–water partition coefficient (Wildman–Crippen LogP) is 4.08. The van der Waals surface area contributed by atoms with E-state index in [2.05, 4.69) is 15.5 Å². The zero-order chi connectivity index (χ0) is 18.4. The summed E-state index contributed by atoms with van der Waals surface area (Å²) in [5, 5.41) is 6.94. The van der Waals surface area contributed by atoms with Crippen LogP contribution in [0.2, 0.25) is 5.02 Å². The van der Waals surface area contributed by atoms with Crippen molar-refractivity contribution in [2.45, 2.75) is 12.3 Å². The monoisotopic (exact) mass is 391 g/mol. The number of thioether (sulfide) groups is 1. The van der Waals surface area contributed by atoms with E-state index in [4.69, 9.17) is 16.1 Å². The van der Waals surface area contributed by atoms with Crippen molar-refractivity contribution in [2.75, 3.05) is 5.75 Å². The molecule has 1 heterocycles. The van der Waals surface area contributed by atoms with Gasteiger partial charge in [0.25, 0.3) is 0 Å². The molecule has 0 radical (unpaired) electrons. The SMILES string of the molecule is O=C(CSCc1ccc(Cl)cc1F)NCc1nc(-c2ccccc2)no1. The summed E-state index contributed by atoms with van der Waals surface area (Å²) in [6.45, 7) is 0.147. The Morgan fingerprint density at radius 2 is 2.04 bits per heavy atom. The first-order valence-corrected chi connectivity index (χ1v) is 9.31. The zero-order valence-corrected chi connectivity index (χ0v) is 15.2. The molecule has 0 bridgehead atoms. The minimum atomic E-state index is -0.371. The van der Waals surface area contributed by atoms with E-state index in [0.29, 0.717) is 28.1 Å². The van der Waals surface area contributed by atoms with Gasteiger partial charge in [-0.2, -0.15) is 4.98 Å². The Hall–Kier alpha value is -2.38. The maximum atomic E-state index is 13.7. The van der Waals surface area contributed by atoms with Gasteiger partial charge in [0.15, 0.2) is 0 Å². The topological polar surface area (TPSA) is 68.0 Å². The summed E-state index contributed by atoms with van der Waals surface area (Å²) in [6.07, 6.45) is 0. The van der Waals surface area contributed by atoms with E-state index < -0.39 is 0 Å². The molecule has 0 fully saturated rings. The normalized spacial score (nSPS) is 10.7. The van der Waals surface area contributed by atoms with Crippen molar-refractivity contribution in [1.29, 1.82) is 0 Å². The van der Waals surface area contributed by atoms with Crippen molar-refractivity contribution in [1.82, 2.24) is 15.5 Å². The Morgan fingerprint density at radius 1 is 1.23 bits per heavy atom. The highest BCUT2D eigenvalue weighted by Crippen LogP contribution is 2.19. The molecule has 134 valence electrons. The Kier molecular flexibility index (Phi) is 6.25. The van der Waals surface area contributed by atoms with Crippen LogP contribution >= 0.6 is 23.4 Å². The molecule has 5 nitrogen and oxygen atoms in total. The number of amides is 1. The summed E-state index contributed by atoms with van der Waals surface area (Å²) in [6, 6.07) is 13.9. The number of halogens is 2. The van der Waals surface area contributed by atoms with Gasteiger partial charge in [0.2, 0.25) is 17.6 Å². The fraction of sp³-hybridized carbons (Fsp3) is 0.167. The first-order valence-electron chi connectivity index (χ1n) is 7.78. The molecule has 0 spiro atoms. The summed E-state index contributed by atoms with van der Waals surface area (Å²) < 4.78 is 18.8. The van der Waals surface area contributed by atoms with Gasteiger partial charge in [0.1, 0.15) is 5.82 Å². The number of rotatable bonds is 7. The summed E-state index contributed by atoms with van der Waals surface area (Å²) in [5.74, 6) is 0.818. The lowest BCUT2D eigenvalue weighted by Gasteiger charge is -2.04. The largest absolute Gasteiger partial charge is 0.346 e. The second-order valence-electron chi connectivity index (χ2n) is 5.38. The smallest absolute Gasteiger partial charge is 0.246 e. The third-order valence-corrected chi connectivity index (χ3v) is 4.66. The fourth-order valence-corrected chi connectivity index (χ4v) is 3.15. The summed E-state index contributed by atoms with van der Waals surface area (Å²) in [7, 11) is 0. The van der Waals surface area contributed by atoms with E-state index in [-0.39, 0.29) is 24.0 Å². The van der Waals surface area contributed by atoms with Crippen LogP contribution in [0, 0.1) is 5.82 Å². The van der Waals surface area contributed by atoms with Crippen LogP contribution in [0.3, 0.4) is 0 Å². The van der Waals surface area contributed by atoms with Crippen LogP contribution in [0.1, 0.15) is 11.5 Å². The van der Waals surface area contributed by atoms with Crippen LogP contribution in [0.25, 0.3) is 11.4 Å². The van der Waals surface area contributed by atoms with Crippen LogP contribution in [-0.2, 0) is 17.1 Å². The van der Waals surface area contributed by atoms with Crippen LogP contribution in [0.15, 0.2) is 53.1 Å². The second kappa shape index (κ2) is 8.82. The second-order valence-corrected chi connectivity index (χ2v) is 6.81. The van der Waals surface area contributed by atoms with Crippen molar-refractivity contribution in [3.8, 4) is 11.4 Å². The molecule has 26 heavy (non-hydrogen) atoms. The van der Waals surface area contributed by atoms with Crippen LogP contribution in [0.4, 0.5) is 4.39 Å². The summed E-state index contributed by atoms with van der Waals surface area (Å²) >= 11 is 7.02. The van der Waals surface area contributed by atoms with E-state index in [0.717, 1.165) is 5.56 Å². The average Bonchev–Trinajstić information content (AvgIpc) is 3.12. The molecule has 0 atom stereocenters. The van der Waals surface area contributed by atoms with E-state index in [1.165, 1.54) is 17.8 Å². The van der Waals surface area contributed by atoms with Crippen molar-refractivity contribution in [3.63, 3.8) is 0 Å². The van der Waals surface area contributed by atoms with Crippen LogP contribution in [-0.4, -0.2) is 21.8 Å². The number of hydrogen-bond acceptors (Lipinski definition) is 5. The highest BCUT2D eigenvalue weighted by molar-refractivity contribution is 7.99. The maximum absolute atomic E-state index is 13.7. The molecule has 0 saturated heterocycles. The molecule has 0 saturated carbocycles. The van der Waals surface area contributed by atoms with E-state index in [1.54, 1.807) is 12.1 Å². The minimum absolute atomic E-state index is 0.147. The van der Waals surface area contributed by atoms with Gasteiger partial charge in [-0.25, -0.2) is 4.39 Å². The van der Waals surface area contributed by atoms with Gasteiger partial charge in [0.05, 0.1) is 12.3 Å². The van der Waals surface area contributed by atoms with Crippen molar-refractivity contribution in [2.24, 2.45) is 0 Å². The molecule has 1 N–H and O–H groups in total. The molecule has 0 aliphatic carbocycles. The number of aromatic nitrogens is 2. The van der Waals surface area contributed by atoms with Gasteiger partial charge in [-0.1, -0.05) is 53.2 Å². The molecular formula is C18H15ClFN3O2S. The highest BCUT2D eigenvalue weighted by atomic mass is 35.5. The van der Waals surface area contributed by atoms with Gasteiger partial charge in [-0.15, -0.1) is 11.8 Å². The Morgan fingerprint density at radius 3 is 2.81 bits per heavy atom. The molecule has 0 unspecified atom stereocenters. The Labute approximate surface area is 158 Å². The first-order chi connectivity index (χ1) is 12.6. The highest BCUT2D eigenvalue weighted by Gasteiger charge is 2.10. The summed E-state index contributed by atoms with van der Waals surface area (Å²) in [5.41, 5.74) is 1.35. The molecule has 0 aliphatic heterocycles. The van der Waals surface area contributed by atoms with Gasteiger partial charge in [-0.3, -0.25) is 4.79 Å². The standard InChI is InChI=1S/C18H15ClFN3O2S/c19-14-7-6-13(15(20)8-14)10-26-11-16(24)21-9-17-22-18(23-25-17)12-4-2-1-3-5-12/h1-8H,9-11H2,(H,21,24). The molecule has 1 aromatic heterocycles. The van der Waals surface area contributed by atoms with E-state index in [9.17, 15) is 9.18 Å². The first kappa shape index (κ1) is 18.4. The Balaban J connectivity index is 1.44. The summed E-state index contributed by atoms with van der Waals surface area (Å²) in [4.78, 5) is 16.1. The number of nitrogens with one attached hydrogen (secondary N) is 1. The lowest BCUT2D eigenvalue weighted by atomic mass is 10.2. The minimum Gasteiger partial charge on any atom is -0.346 e.